The number of nitrogens with zero attached hydrogens (tertiary/aromatic N) is 4. The van der Waals surface area contributed by atoms with Gasteiger partial charge < -0.3 is 4.90 Å². The summed E-state index contributed by atoms with van der Waals surface area (Å²) in [5, 5.41) is 12.9. The Labute approximate surface area is 146 Å². The van der Waals surface area contributed by atoms with Crippen molar-refractivity contribution in [1.29, 1.82) is 0 Å². The van der Waals surface area contributed by atoms with Crippen LogP contribution in [0.5, 0.6) is 0 Å². The Morgan fingerprint density at radius 3 is 2.96 bits per heavy atom. The summed E-state index contributed by atoms with van der Waals surface area (Å²) in [6.07, 6.45) is 4.15. The van der Waals surface area contributed by atoms with E-state index in [1.807, 2.05) is 37.1 Å². The van der Waals surface area contributed by atoms with Gasteiger partial charge in [0, 0.05) is 30.6 Å². The van der Waals surface area contributed by atoms with Crippen molar-refractivity contribution < 1.29 is 4.79 Å². The molecule has 1 saturated heterocycles. The van der Waals surface area contributed by atoms with Gasteiger partial charge in [-0.15, -0.1) is 0 Å². The summed E-state index contributed by atoms with van der Waals surface area (Å²) in [7, 11) is 0. The second-order valence-corrected chi connectivity index (χ2v) is 6.84. The minimum Gasteiger partial charge on any atom is -0.340 e. The molecule has 1 unspecified atom stereocenters. The summed E-state index contributed by atoms with van der Waals surface area (Å²) < 4.78 is 2.08. The Morgan fingerprint density at radius 2 is 2.16 bits per heavy atom. The zero-order valence-electron chi connectivity index (χ0n) is 14.7. The van der Waals surface area contributed by atoms with Gasteiger partial charge in [-0.2, -0.15) is 10.2 Å². The average Bonchev–Trinajstić information content (AvgIpc) is 3.32. The fraction of sp³-hybridized carbons (Fsp3) is 0.421. The summed E-state index contributed by atoms with van der Waals surface area (Å²) in [4.78, 5) is 14.6. The van der Waals surface area contributed by atoms with Gasteiger partial charge >= 0.3 is 0 Å². The van der Waals surface area contributed by atoms with Gasteiger partial charge in [0.2, 0.25) is 5.91 Å². The van der Waals surface area contributed by atoms with Crippen LogP contribution in [0, 0.1) is 13.8 Å². The summed E-state index contributed by atoms with van der Waals surface area (Å²) in [5.74, 6) is 0.221. The normalized spacial score (nSPS) is 17.5. The molecular weight excluding hydrogens is 314 g/mol. The van der Waals surface area contributed by atoms with Gasteiger partial charge in [-0.3, -0.25) is 14.6 Å². The molecule has 1 aromatic carbocycles. The van der Waals surface area contributed by atoms with Gasteiger partial charge in [0.05, 0.1) is 23.4 Å². The highest BCUT2D eigenvalue weighted by molar-refractivity contribution is 5.79. The zero-order valence-corrected chi connectivity index (χ0v) is 14.7. The third kappa shape index (κ3) is 2.92. The van der Waals surface area contributed by atoms with E-state index in [4.69, 9.17) is 0 Å². The standard InChI is InChI=1S/C19H23N5O/c1-13-17(14(2)22-21-13)7-8-19(25)23-10-9-16(12-23)24-18-6-4-3-5-15(18)11-20-24/h3-6,11,16H,7-10,12H2,1-2H3,(H,21,22). The molecule has 3 heterocycles. The number of likely N-dealkylation sites (tertiary alicyclic amines) is 1. The van der Waals surface area contributed by atoms with E-state index in [1.165, 1.54) is 5.56 Å². The number of nitrogens with one attached hydrogen (secondary N) is 1. The molecule has 1 aliphatic heterocycles. The molecule has 1 N–H and O–H groups in total. The number of para-hydroxylation sites is 1. The van der Waals surface area contributed by atoms with Crippen LogP contribution in [0.1, 0.15) is 35.8 Å². The van der Waals surface area contributed by atoms with Crippen molar-refractivity contribution in [3.63, 3.8) is 0 Å². The minimum atomic E-state index is 0.221. The highest BCUT2D eigenvalue weighted by Crippen LogP contribution is 2.26. The lowest BCUT2D eigenvalue weighted by Crippen LogP contribution is -2.29. The molecule has 6 heteroatoms. The molecule has 0 aliphatic carbocycles. The average molecular weight is 337 g/mol. The molecule has 0 radical (unpaired) electrons. The Bertz CT molecular complexity index is 890. The van der Waals surface area contributed by atoms with Gasteiger partial charge in [-0.25, -0.2) is 0 Å². The molecular formula is C19H23N5O. The van der Waals surface area contributed by atoms with Crippen LogP contribution < -0.4 is 0 Å². The van der Waals surface area contributed by atoms with Crippen LogP contribution in [0.4, 0.5) is 0 Å². The molecule has 6 nitrogen and oxygen atoms in total. The van der Waals surface area contributed by atoms with E-state index >= 15 is 0 Å². The summed E-state index contributed by atoms with van der Waals surface area (Å²) >= 11 is 0. The number of aryl methyl sites for hydroxylation is 2. The maximum Gasteiger partial charge on any atom is 0.222 e. The number of carbonyl (C=O) groups is 1. The molecule has 1 amide bonds. The van der Waals surface area contributed by atoms with Crippen LogP contribution in [-0.2, 0) is 11.2 Å². The number of aromatic amines is 1. The molecule has 0 saturated carbocycles. The quantitative estimate of drug-likeness (QED) is 0.796. The second-order valence-electron chi connectivity index (χ2n) is 6.84. The molecule has 25 heavy (non-hydrogen) atoms. The van der Waals surface area contributed by atoms with Crippen molar-refractivity contribution in [2.24, 2.45) is 0 Å². The maximum atomic E-state index is 12.6. The van der Waals surface area contributed by atoms with Crippen LogP contribution in [0.3, 0.4) is 0 Å². The molecule has 1 fully saturated rings. The number of aromatic nitrogens is 4. The van der Waals surface area contributed by atoms with E-state index in [2.05, 4.69) is 32.1 Å². The van der Waals surface area contributed by atoms with E-state index in [0.29, 0.717) is 6.42 Å². The van der Waals surface area contributed by atoms with E-state index < -0.39 is 0 Å². The molecule has 4 rings (SSSR count). The van der Waals surface area contributed by atoms with Gasteiger partial charge in [-0.05, 0) is 38.3 Å². The largest absolute Gasteiger partial charge is 0.340 e. The van der Waals surface area contributed by atoms with Crippen molar-refractivity contribution >= 4 is 16.8 Å². The summed E-state index contributed by atoms with van der Waals surface area (Å²) in [6, 6.07) is 8.50. The first-order valence-corrected chi connectivity index (χ1v) is 8.84. The monoisotopic (exact) mass is 337 g/mol. The van der Waals surface area contributed by atoms with Gasteiger partial charge in [0.1, 0.15) is 0 Å². The Balaban J connectivity index is 1.41. The summed E-state index contributed by atoms with van der Waals surface area (Å²) in [5.41, 5.74) is 4.37. The number of amides is 1. The third-order valence-corrected chi connectivity index (χ3v) is 5.24. The second kappa shape index (κ2) is 6.35. The maximum absolute atomic E-state index is 12.6. The minimum absolute atomic E-state index is 0.221. The van der Waals surface area contributed by atoms with E-state index in [-0.39, 0.29) is 11.9 Å². The number of hydrogen-bond donors (Lipinski definition) is 1. The number of hydrogen-bond acceptors (Lipinski definition) is 3. The first kappa shape index (κ1) is 15.9. The predicted octanol–water partition coefficient (Wildman–Crippen LogP) is 2.78. The fourth-order valence-electron chi connectivity index (χ4n) is 3.78. The fourth-order valence-corrected chi connectivity index (χ4v) is 3.78. The highest BCUT2D eigenvalue weighted by Gasteiger charge is 2.28. The van der Waals surface area contributed by atoms with Crippen molar-refractivity contribution in [2.45, 2.75) is 39.2 Å². The molecule has 0 spiro atoms. The van der Waals surface area contributed by atoms with Crippen molar-refractivity contribution in [3.05, 3.63) is 47.4 Å². The lowest BCUT2D eigenvalue weighted by Gasteiger charge is -2.17. The SMILES string of the molecule is Cc1n[nH]c(C)c1CCC(=O)N1CCC(n2ncc3ccccc32)C1. The van der Waals surface area contributed by atoms with E-state index in [0.717, 1.165) is 48.2 Å². The Kier molecular flexibility index (Phi) is 4.03. The first-order valence-electron chi connectivity index (χ1n) is 8.84. The number of rotatable bonds is 4. The van der Waals surface area contributed by atoms with Crippen molar-refractivity contribution in [1.82, 2.24) is 24.9 Å². The number of benzene rings is 1. The predicted molar refractivity (Wildman–Crippen MR) is 96.3 cm³/mol. The Morgan fingerprint density at radius 1 is 1.32 bits per heavy atom. The molecule has 3 aromatic rings. The van der Waals surface area contributed by atoms with Crippen molar-refractivity contribution in [3.8, 4) is 0 Å². The third-order valence-electron chi connectivity index (χ3n) is 5.24. The van der Waals surface area contributed by atoms with Crippen LogP contribution in [0.2, 0.25) is 0 Å². The smallest absolute Gasteiger partial charge is 0.222 e. The lowest BCUT2D eigenvalue weighted by molar-refractivity contribution is -0.130. The first-order chi connectivity index (χ1) is 12.1. The van der Waals surface area contributed by atoms with Crippen LogP contribution in [-0.4, -0.2) is 43.9 Å². The van der Waals surface area contributed by atoms with E-state index in [1.54, 1.807) is 0 Å². The van der Waals surface area contributed by atoms with Crippen LogP contribution in [0.25, 0.3) is 10.9 Å². The molecule has 1 atom stereocenters. The number of carbonyl (C=O) groups excluding carboxylic acids is 1. The van der Waals surface area contributed by atoms with Crippen LogP contribution >= 0.6 is 0 Å². The topological polar surface area (TPSA) is 66.8 Å². The molecule has 130 valence electrons. The zero-order chi connectivity index (χ0) is 17.4. The van der Waals surface area contributed by atoms with Gasteiger partial charge in [0.15, 0.2) is 0 Å². The molecule has 2 aromatic heterocycles. The van der Waals surface area contributed by atoms with E-state index in [9.17, 15) is 4.79 Å². The summed E-state index contributed by atoms with van der Waals surface area (Å²) in [6.45, 7) is 5.54. The van der Waals surface area contributed by atoms with Gasteiger partial charge in [0.25, 0.3) is 0 Å². The van der Waals surface area contributed by atoms with Crippen molar-refractivity contribution in [2.75, 3.05) is 13.1 Å². The molecule has 0 bridgehead atoms. The van der Waals surface area contributed by atoms with Gasteiger partial charge in [-0.1, -0.05) is 18.2 Å². The Hall–Kier alpha value is -2.63. The lowest BCUT2D eigenvalue weighted by atomic mass is 10.1. The number of fused-ring (bicyclic) bond motifs is 1. The number of H-pyrrole nitrogens is 1. The highest BCUT2D eigenvalue weighted by atomic mass is 16.2. The molecule has 1 aliphatic rings. The van der Waals surface area contributed by atoms with Crippen LogP contribution in [0.15, 0.2) is 30.5 Å².